The van der Waals surface area contributed by atoms with Gasteiger partial charge in [-0.25, -0.2) is 0 Å². The van der Waals surface area contributed by atoms with Crippen molar-refractivity contribution in [1.29, 1.82) is 0 Å². The summed E-state index contributed by atoms with van der Waals surface area (Å²) in [7, 11) is 0. The number of rotatable bonds is 2. The molecule has 1 fully saturated rings. The Kier molecular flexibility index (Phi) is 3.62. The van der Waals surface area contributed by atoms with E-state index < -0.39 is 0 Å². The molecule has 1 unspecified atom stereocenters. The first kappa shape index (κ1) is 14.1. The van der Waals surface area contributed by atoms with Gasteiger partial charge in [0, 0.05) is 24.4 Å². The summed E-state index contributed by atoms with van der Waals surface area (Å²) in [6.45, 7) is 1.57. The zero-order chi connectivity index (χ0) is 15.6. The number of carbonyl (C=O) groups is 1. The molecule has 116 valence electrons. The first-order valence-corrected chi connectivity index (χ1v) is 8.14. The predicted octanol–water partition coefficient (Wildman–Crippen LogP) is 4.45. The second kappa shape index (κ2) is 5.92. The minimum Gasteiger partial charge on any atom is -0.451 e. The molecular formula is C20H19NO2. The van der Waals surface area contributed by atoms with E-state index in [9.17, 15) is 4.79 Å². The molecule has 0 spiro atoms. The van der Waals surface area contributed by atoms with Crippen molar-refractivity contribution >= 4 is 16.9 Å². The van der Waals surface area contributed by atoms with Crippen molar-refractivity contribution in [2.75, 3.05) is 13.1 Å². The van der Waals surface area contributed by atoms with Gasteiger partial charge in [0.05, 0.1) is 0 Å². The Morgan fingerprint density at radius 1 is 1.04 bits per heavy atom. The highest BCUT2D eigenvalue weighted by Gasteiger charge is 2.27. The van der Waals surface area contributed by atoms with Crippen molar-refractivity contribution in [2.45, 2.75) is 18.8 Å². The average molecular weight is 305 g/mol. The molecule has 2 heterocycles. The average Bonchev–Trinajstić information content (AvgIpc) is 3.06. The largest absolute Gasteiger partial charge is 0.451 e. The Labute approximate surface area is 135 Å². The number of hydrogen-bond acceptors (Lipinski definition) is 2. The monoisotopic (exact) mass is 305 g/mol. The fourth-order valence-electron chi connectivity index (χ4n) is 3.40. The van der Waals surface area contributed by atoms with Crippen molar-refractivity contribution in [3.05, 3.63) is 72.0 Å². The van der Waals surface area contributed by atoms with Gasteiger partial charge in [-0.15, -0.1) is 0 Å². The number of carbonyl (C=O) groups excluding carboxylic acids is 1. The number of hydrogen-bond donors (Lipinski definition) is 0. The summed E-state index contributed by atoms with van der Waals surface area (Å²) in [6.07, 6.45) is 2.17. The van der Waals surface area contributed by atoms with Crippen LogP contribution in [0.4, 0.5) is 0 Å². The number of furan rings is 1. The van der Waals surface area contributed by atoms with E-state index in [4.69, 9.17) is 4.42 Å². The number of para-hydroxylation sites is 1. The molecule has 1 aromatic heterocycles. The van der Waals surface area contributed by atoms with E-state index in [-0.39, 0.29) is 5.91 Å². The first-order valence-electron chi connectivity index (χ1n) is 8.14. The van der Waals surface area contributed by atoms with Crippen LogP contribution >= 0.6 is 0 Å². The summed E-state index contributed by atoms with van der Waals surface area (Å²) in [5.74, 6) is 0.861. The van der Waals surface area contributed by atoms with Crippen LogP contribution in [0.3, 0.4) is 0 Å². The van der Waals surface area contributed by atoms with Crippen molar-refractivity contribution in [3.63, 3.8) is 0 Å². The lowest BCUT2D eigenvalue weighted by molar-refractivity contribution is 0.0677. The van der Waals surface area contributed by atoms with Crippen LogP contribution in [-0.2, 0) is 0 Å². The third-order valence-corrected chi connectivity index (χ3v) is 4.62. The molecule has 0 saturated carbocycles. The van der Waals surface area contributed by atoms with E-state index in [2.05, 4.69) is 24.3 Å². The zero-order valence-electron chi connectivity index (χ0n) is 12.9. The van der Waals surface area contributed by atoms with Gasteiger partial charge in [0.1, 0.15) is 5.58 Å². The van der Waals surface area contributed by atoms with Crippen LogP contribution in [0, 0.1) is 0 Å². The standard InChI is InChI=1S/C20H19NO2/c22-20(19-13-16-9-4-5-11-18(16)23-19)21-12-6-10-17(14-21)15-7-2-1-3-8-15/h1-5,7-9,11,13,17H,6,10,12,14H2. The fourth-order valence-corrected chi connectivity index (χ4v) is 3.40. The minimum absolute atomic E-state index is 0.00170. The van der Waals surface area contributed by atoms with Crippen LogP contribution in [0.25, 0.3) is 11.0 Å². The van der Waals surface area contributed by atoms with E-state index in [1.54, 1.807) is 0 Å². The first-order chi connectivity index (χ1) is 11.3. The third kappa shape index (κ3) is 2.74. The lowest BCUT2D eigenvalue weighted by Gasteiger charge is -2.32. The summed E-state index contributed by atoms with van der Waals surface area (Å²) < 4.78 is 5.73. The number of likely N-dealkylation sites (tertiary alicyclic amines) is 1. The molecule has 4 rings (SSSR count). The second-order valence-corrected chi connectivity index (χ2v) is 6.15. The van der Waals surface area contributed by atoms with Crippen LogP contribution in [0.15, 0.2) is 65.1 Å². The van der Waals surface area contributed by atoms with E-state index in [0.717, 1.165) is 36.9 Å². The highest BCUT2D eigenvalue weighted by Crippen LogP contribution is 2.28. The van der Waals surface area contributed by atoms with E-state index in [1.807, 2.05) is 41.3 Å². The third-order valence-electron chi connectivity index (χ3n) is 4.62. The molecule has 1 saturated heterocycles. The molecule has 3 heteroatoms. The summed E-state index contributed by atoms with van der Waals surface area (Å²) in [4.78, 5) is 14.7. The number of amides is 1. The van der Waals surface area contributed by atoms with Gasteiger partial charge in [-0.1, -0.05) is 48.5 Å². The lowest BCUT2D eigenvalue weighted by atomic mass is 9.90. The highest BCUT2D eigenvalue weighted by molar-refractivity contribution is 5.96. The van der Waals surface area contributed by atoms with Gasteiger partial charge in [0.25, 0.3) is 5.91 Å². The van der Waals surface area contributed by atoms with Crippen LogP contribution in [0.1, 0.15) is 34.9 Å². The summed E-state index contributed by atoms with van der Waals surface area (Å²) >= 11 is 0. The second-order valence-electron chi connectivity index (χ2n) is 6.15. The maximum Gasteiger partial charge on any atom is 0.289 e. The van der Waals surface area contributed by atoms with Gasteiger partial charge in [-0.3, -0.25) is 4.79 Å². The van der Waals surface area contributed by atoms with E-state index in [1.165, 1.54) is 5.56 Å². The van der Waals surface area contributed by atoms with Gasteiger partial charge in [0.15, 0.2) is 5.76 Å². The maximum atomic E-state index is 12.8. The molecule has 1 aliphatic rings. The Balaban J connectivity index is 1.56. The molecule has 1 aliphatic heterocycles. The number of nitrogens with zero attached hydrogens (tertiary/aromatic N) is 1. The van der Waals surface area contributed by atoms with E-state index in [0.29, 0.717) is 11.7 Å². The Morgan fingerprint density at radius 2 is 1.83 bits per heavy atom. The fraction of sp³-hybridized carbons (Fsp3) is 0.250. The van der Waals surface area contributed by atoms with Crippen LogP contribution < -0.4 is 0 Å². The summed E-state index contributed by atoms with van der Waals surface area (Å²) in [5.41, 5.74) is 2.09. The van der Waals surface area contributed by atoms with Gasteiger partial charge < -0.3 is 9.32 Å². The van der Waals surface area contributed by atoms with E-state index >= 15 is 0 Å². The minimum atomic E-state index is 0.00170. The molecule has 0 bridgehead atoms. The van der Waals surface area contributed by atoms with Gasteiger partial charge in [0.2, 0.25) is 0 Å². The van der Waals surface area contributed by atoms with Crippen LogP contribution in [0.5, 0.6) is 0 Å². The van der Waals surface area contributed by atoms with Crippen molar-refractivity contribution in [3.8, 4) is 0 Å². The maximum absolute atomic E-state index is 12.8. The van der Waals surface area contributed by atoms with Crippen molar-refractivity contribution in [1.82, 2.24) is 4.90 Å². The molecule has 1 amide bonds. The molecule has 2 aromatic carbocycles. The predicted molar refractivity (Wildman–Crippen MR) is 90.5 cm³/mol. The molecule has 0 aliphatic carbocycles. The molecule has 23 heavy (non-hydrogen) atoms. The molecule has 3 nitrogen and oxygen atoms in total. The highest BCUT2D eigenvalue weighted by atomic mass is 16.3. The Hall–Kier alpha value is -2.55. The molecule has 0 radical (unpaired) electrons. The summed E-state index contributed by atoms with van der Waals surface area (Å²) in [6, 6.07) is 20.1. The van der Waals surface area contributed by atoms with Crippen molar-refractivity contribution in [2.24, 2.45) is 0 Å². The van der Waals surface area contributed by atoms with Crippen LogP contribution in [0.2, 0.25) is 0 Å². The van der Waals surface area contributed by atoms with Gasteiger partial charge >= 0.3 is 0 Å². The van der Waals surface area contributed by atoms with Crippen LogP contribution in [-0.4, -0.2) is 23.9 Å². The molecule has 3 aromatic rings. The van der Waals surface area contributed by atoms with Gasteiger partial charge in [-0.05, 0) is 30.5 Å². The number of benzene rings is 2. The number of piperidine rings is 1. The number of fused-ring (bicyclic) bond motifs is 1. The summed E-state index contributed by atoms with van der Waals surface area (Å²) in [5, 5.41) is 0.979. The van der Waals surface area contributed by atoms with Gasteiger partial charge in [-0.2, -0.15) is 0 Å². The zero-order valence-corrected chi connectivity index (χ0v) is 12.9. The molecule has 0 N–H and O–H groups in total. The SMILES string of the molecule is O=C(c1cc2ccccc2o1)N1CCCC(c2ccccc2)C1. The molecular weight excluding hydrogens is 286 g/mol. The Morgan fingerprint density at radius 3 is 2.65 bits per heavy atom. The molecule has 1 atom stereocenters. The van der Waals surface area contributed by atoms with Crippen molar-refractivity contribution < 1.29 is 9.21 Å². The quantitative estimate of drug-likeness (QED) is 0.700. The lowest BCUT2D eigenvalue weighted by Crippen LogP contribution is -2.38. The normalized spacial score (nSPS) is 18.3. The smallest absolute Gasteiger partial charge is 0.289 e. The Bertz CT molecular complexity index is 789. The topological polar surface area (TPSA) is 33.5 Å².